The number of benzene rings is 1. The fraction of sp³-hybridized carbons (Fsp3) is 0.364. The van der Waals surface area contributed by atoms with Crippen LogP contribution in [-0.4, -0.2) is 38.8 Å². The molecule has 1 aromatic carbocycles. The van der Waals surface area contributed by atoms with E-state index in [4.69, 9.17) is 11.6 Å². The van der Waals surface area contributed by atoms with E-state index in [1.807, 2.05) is 0 Å². The average Bonchev–Trinajstić information content (AvgIpc) is 2.70. The summed E-state index contributed by atoms with van der Waals surface area (Å²) in [7, 11) is -7.31. The molecule has 0 bridgehead atoms. The molecule has 2 rings (SSSR count). The molecule has 0 aromatic heterocycles. The lowest BCUT2D eigenvalue weighted by molar-refractivity contribution is 0.107. The van der Waals surface area contributed by atoms with Gasteiger partial charge in [-0.2, -0.15) is 0 Å². The zero-order valence-corrected chi connectivity index (χ0v) is 12.4. The lowest BCUT2D eigenvalue weighted by Gasteiger charge is -2.10. The van der Waals surface area contributed by atoms with Crippen molar-refractivity contribution >= 4 is 36.5 Å². The van der Waals surface area contributed by atoms with Gasteiger partial charge in [-0.05, 0) is 36.2 Å². The van der Waals surface area contributed by atoms with Gasteiger partial charge >= 0.3 is 0 Å². The quantitative estimate of drug-likeness (QED) is 0.609. The second-order valence-corrected chi connectivity index (χ2v) is 9.29. The molecule has 110 valence electrons. The summed E-state index contributed by atoms with van der Waals surface area (Å²) < 4.78 is 60.5. The van der Waals surface area contributed by atoms with E-state index in [0.29, 0.717) is 0 Å². The molecule has 9 heteroatoms. The van der Waals surface area contributed by atoms with Gasteiger partial charge in [0.2, 0.25) is 0 Å². The van der Waals surface area contributed by atoms with Gasteiger partial charge in [-0.1, -0.05) is 0 Å². The van der Waals surface area contributed by atoms with E-state index in [1.54, 1.807) is 0 Å². The second kappa shape index (κ2) is 5.09. The van der Waals surface area contributed by atoms with Crippen LogP contribution in [0, 0.1) is 5.82 Å². The number of sulfone groups is 2. The Balaban J connectivity index is 2.46. The summed E-state index contributed by atoms with van der Waals surface area (Å²) >= 11 is 5.17. The molecular weight excluding hydrogens is 331 g/mol. The predicted octanol–water partition coefficient (Wildman–Crippen LogP) is 1.17. The molecule has 1 aromatic rings. The molecule has 1 aliphatic heterocycles. The standard InChI is InChI=1S/C11H10ClFO5S2/c12-11(14)9-5-7(1-2-10(9)13)20(17,18)8-3-4-19(15,16)6-8/h1-2,5,8H,3-4,6H2/t8-/m0/s1. The van der Waals surface area contributed by atoms with Crippen LogP contribution >= 0.6 is 11.6 Å². The Bertz CT molecular complexity index is 770. The van der Waals surface area contributed by atoms with Crippen LogP contribution in [0.25, 0.3) is 0 Å². The molecule has 0 unspecified atom stereocenters. The summed E-state index contributed by atoms with van der Waals surface area (Å²) in [4.78, 5) is 10.7. The predicted molar refractivity (Wildman–Crippen MR) is 70.8 cm³/mol. The van der Waals surface area contributed by atoms with Crippen LogP contribution in [0.2, 0.25) is 0 Å². The summed E-state index contributed by atoms with van der Waals surface area (Å²) in [6.07, 6.45) is -0.00774. The molecule has 20 heavy (non-hydrogen) atoms. The molecule has 1 heterocycles. The Morgan fingerprint density at radius 1 is 1.35 bits per heavy atom. The zero-order valence-electron chi connectivity index (χ0n) is 10.0. The van der Waals surface area contributed by atoms with Crippen molar-refractivity contribution in [3.8, 4) is 0 Å². The van der Waals surface area contributed by atoms with Gasteiger partial charge in [-0.15, -0.1) is 0 Å². The van der Waals surface area contributed by atoms with Gasteiger partial charge in [-0.25, -0.2) is 21.2 Å². The molecule has 0 radical (unpaired) electrons. The van der Waals surface area contributed by atoms with E-state index >= 15 is 0 Å². The number of hydrogen-bond donors (Lipinski definition) is 0. The van der Waals surface area contributed by atoms with Crippen LogP contribution in [0.5, 0.6) is 0 Å². The highest BCUT2D eigenvalue weighted by Gasteiger charge is 2.38. The van der Waals surface area contributed by atoms with Crippen molar-refractivity contribution in [3.05, 3.63) is 29.6 Å². The van der Waals surface area contributed by atoms with Crippen molar-refractivity contribution in [2.24, 2.45) is 0 Å². The molecule has 1 saturated heterocycles. The van der Waals surface area contributed by atoms with E-state index in [0.717, 1.165) is 18.2 Å². The fourth-order valence-electron chi connectivity index (χ4n) is 2.03. The van der Waals surface area contributed by atoms with Crippen LogP contribution in [0.4, 0.5) is 4.39 Å². The Labute approximate surface area is 120 Å². The van der Waals surface area contributed by atoms with Crippen LogP contribution in [-0.2, 0) is 19.7 Å². The van der Waals surface area contributed by atoms with Crippen molar-refractivity contribution in [1.82, 2.24) is 0 Å². The lowest BCUT2D eigenvalue weighted by atomic mass is 10.2. The minimum Gasteiger partial charge on any atom is -0.275 e. The molecule has 1 aliphatic rings. The first-order valence-electron chi connectivity index (χ1n) is 5.57. The molecule has 0 aliphatic carbocycles. The number of carbonyl (C=O) groups is 1. The SMILES string of the molecule is O=C(Cl)c1cc(S(=O)(=O)[C@H]2CCS(=O)(=O)C2)ccc1F. The highest BCUT2D eigenvalue weighted by molar-refractivity contribution is 7.96. The van der Waals surface area contributed by atoms with Gasteiger partial charge in [-0.3, -0.25) is 4.79 Å². The number of hydrogen-bond acceptors (Lipinski definition) is 5. The fourth-order valence-corrected chi connectivity index (χ4v) is 6.56. The molecule has 0 N–H and O–H groups in total. The molecule has 5 nitrogen and oxygen atoms in total. The van der Waals surface area contributed by atoms with E-state index < -0.39 is 47.3 Å². The Morgan fingerprint density at radius 3 is 2.50 bits per heavy atom. The van der Waals surface area contributed by atoms with Gasteiger partial charge in [0.15, 0.2) is 19.7 Å². The van der Waals surface area contributed by atoms with Crippen LogP contribution in [0.3, 0.4) is 0 Å². The summed E-state index contributed by atoms with van der Waals surface area (Å²) in [5.41, 5.74) is -0.548. The molecule has 0 spiro atoms. The second-order valence-electron chi connectivity index (χ2n) is 4.49. The number of rotatable bonds is 3. The Morgan fingerprint density at radius 2 is 2.00 bits per heavy atom. The zero-order chi connectivity index (χ0) is 15.1. The first-order valence-corrected chi connectivity index (χ1v) is 9.32. The van der Waals surface area contributed by atoms with E-state index in [9.17, 15) is 26.0 Å². The maximum absolute atomic E-state index is 13.3. The molecule has 0 saturated carbocycles. The summed E-state index contributed by atoms with van der Waals surface area (Å²) in [6, 6.07) is 2.66. The van der Waals surface area contributed by atoms with E-state index in [2.05, 4.69) is 0 Å². The van der Waals surface area contributed by atoms with E-state index in [-0.39, 0.29) is 17.1 Å². The third kappa shape index (κ3) is 2.87. The largest absolute Gasteiger partial charge is 0.275 e. The summed E-state index contributed by atoms with van der Waals surface area (Å²) in [5, 5.41) is -2.19. The smallest absolute Gasteiger partial charge is 0.255 e. The van der Waals surface area contributed by atoms with Crippen molar-refractivity contribution in [3.63, 3.8) is 0 Å². The van der Waals surface area contributed by atoms with Gasteiger partial charge in [0.1, 0.15) is 5.82 Å². The summed E-state index contributed by atoms with van der Waals surface area (Å²) in [6.45, 7) is 0. The van der Waals surface area contributed by atoms with Gasteiger partial charge in [0.25, 0.3) is 5.24 Å². The first kappa shape index (κ1) is 15.4. The monoisotopic (exact) mass is 340 g/mol. The van der Waals surface area contributed by atoms with Crippen molar-refractivity contribution in [1.29, 1.82) is 0 Å². The number of halogens is 2. The lowest BCUT2D eigenvalue weighted by Crippen LogP contribution is -2.23. The molecule has 1 atom stereocenters. The highest BCUT2D eigenvalue weighted by Crippen LogP contribution is 2.27. The molecule has 1 fully saturated rings. The maximum Gasteiger partial charge on any atom is 0.255 e. The van der Waals surface area contributed by atoms with Crippen LogP contribution < -0.4 is 0 Å². The number of carbonyl (C=O) groups excluding carboxylic acids is 1. The van der Waals surface area contributed by atoms with Crippen LogP contribution in [0.1, 0.15) is 16.8 Å². The normalized spacial score (nSPS) is 21.8. The van der Waals surface area contributed by atoms with Crippen LogP contribution in [0.15, 0.2) is 23.1 Å². The Kier molecular flexibility index (Phi) is 3.92. The third-order valence-electron chi connectivity index (χ3n) is 3.11. The minimum atomic E-state index is -3.94. The topological polar surface area (TPSA) is 85.3 Å². The van der Waals surface area contributed by atoms with Gasteiger partial charge < -0.3 is 0 Å². The van der Waals surface area contributed by atoms with Crippen molar-refractivity contribution in [2.75, 3.05) is 11.5 Å². The molecular formula is C11H10ClFO5S2. The van der Waals surface area contributed by atoms with Crippen molar-refractivity contribution in [2.45, 2.75) is 16.6 Å². The summed E-state index contributed by atoms with van der Waals surface area (Å²) in [5.74, 6) is -1.58. The first-order chi connectivity index (χ1) is 9.13. The third-order valence-corrected chi connectivity index (χ3v) is 7.48. The maximum atomic E-state index is 13.3. The van der Waals surface area contributed by atoms with Crippen molar-refractivity contribution < 1.29 is 26.0 Å². The van der Waals surface area contributed by atoms with E-state index in [1.165, 1.54) is 0 Å². The molecule has 0 amide bonds. The van der Waals surface area contributed by atoms with Gasteiger partial charge in [0.05, 0.1) is 27.2 Å². The average molecular weight is 341 g/mol. The van der Waals surface area contributed by atoms with Gasteiger partial charge in [0, 0.05) is 0 Å². The Hall–Kier alpha value is -0.990. The minimum absolute atomic E-state index is 0.00774. The highest BCUT2D eigenvalue weighted by atomic mass is 35.5.